The van der Waals surface area contributed by atoms with E-state index in [0.29, 0.717) is 0 Å². The summed E-state index contributed by atoms with van der Waals surface area (Å²) in [6.45, 7) is 10.3. The lowest BCUT2D eigenvalue weighted by Crippen LogP contribution is -2.50. The number of carbonyl (C=O) groups is 2. The van der Waals surface area contributed by atoms with Crippen molar-refractivity contribution in [1.82, 2.24) is 15.1 Å². The molecular formula is C15H27N3O3. The summed E-state index contributed by atoms with van der Waals surface area (Å²) in [5, 5.41) is 3.32. The molecule has 120 valence electrons. The molecule has 0 aromatic heterocycles. The normalized spacial score (nSPS) is 27.2. The van der Waals surface area contributed by atoms with E-state index in [1.54, 1.807) is 0 Å². The van der Waals surface area contributed by atoms with Crippen LogP contribution in [-0.2, 0) is 14.3 Å². The van der Waals surface area contributed by atoms with Gasteiger partial charge in [0.1, 0.15) is 0 Å². The quantitative estimate of drug-likeness (QED) is 0.711. The highest BCUT2D eigenvalue weighted by Crippen LogP contribution is 2.18. The molecule has 6 nitrogen and oxygen atoms in total. The minimum atomic E-state index is -0.359. The van der Waals surface area contributed by atoms with Gasteiger partial charge in [0.15, 0.2) is 0 Å². The van der Waals surface area contributed by atoms with E-state index in [4.69, 9.17) is 4.74 Å². The van der Waals surface area contributed by atoms with E-state index in [-0.39, 0.29) is 36.4 Å². The van der Waals surface area contributed by atoms with Gasteiger partial charge in [0, 0.05) is 31.7 Å². The molecule has 3 atom stereocenters. The molecule has 0 saturated carbocycles. The number of morpholine rings is 1. The van der Waals surface area contributed by atoms with Gasteiger partial charge >= 0.3 is 0 Å². The van der Waals surface area contributed by atoms with E-state index in [0.717, 1.165) is 39.3 Å². The van der Waals surface area contributed by atoms with Gasteiger partial charge in [-0.05, 0) is 20.3 Å². The van der Waals surface area contributed by atoms with Crippen molar-refractivity contribution in [3.63, 3.8) is 0 Å². The van der Waals surface area contributed by atoms with Gasteiger partial charge < -0.3 is 10.1 Å². The molecule has 2 saturated heterocycles. The smallest absolute Gasteiger partial charge is 0.247 e. The maximum absolute atomic E-state index is 12.4. The Labute approximate surface area is 126 Å². The van der Waals surface area contributed by atoms with E-state index < -0.39 is 0 Å². The number of nitrogens with one attached hydrogen (secondary N) is 1. The van der Waals surface area contributed by atoms with E-state index in [1.807, 2.05) is 13.8 Å². The Kier molecular flexibility index (Phi) is 5.72. The molecule has 0 radical (unpaired) electrons. The molecule has 2 amide bonds. The van der Waals surface area contributed by atoms with Gasteiger partial charge in [0.25, 0.3) is 0 Å². The molecule has 2 rings (SSSR count). The van der Waals surface area contributed by atoms with Gasteiger partial charge in [-0.2, -0.15) is 0 Å². The Hall–Kier alpha value is -0.980. The highest BCUT2D eigenvalue weighted by atomic mass is 16.5. The maximum Gasteiger partial charge on any atom is 0.247 e. The van der Waals surface area contributed by atoms with E-state index in [2.05, 4.69) is 17.1 Å². The maximum atomic E-state index is 12.4. The molecule has 2 heterocycles. The van der Waals surface area contributed by atoms with Crippen LogP contribution in [0.3, 0.4) is 0 Å². The minimum absolute atomic E-state index is 0.00801. The number of likely N-dealkylation sites (tertiary alicyclic amines) is 1. The molecule has 1 N–H and O–H groups in total. The lowest BCUT2D eigenvalue weighted by molar-refractivity contribution is -0.141. The predicted molar refractivity (Wildman–Crippen MR) is 79.9 cm³/mol. The SMILES string of the molecule is CCC(C)N1C(=O)CC(NC(C)CN2CCOCC2)C1=O. The van der Waals surface area contributed by atoms with Crippen molar-refractivity contribution in [2.75, 3.05) is 32.8 Å². The fraction of sp³-hybridized carbons (Fsp3) is 0.867. The number of hydrogen-bond donors (Lipinski definition) is 1. The zero-order chi connectivity index (χ0) is 15.4. The highest BCUT2D eigenvalue weighted by molar-refractivity contribution is 6.05. The third-order valence-electron chi connectivity index (χ3n) is 4.34. The summed E-state index contributed by atoms with van der Waals surface area (Å²) in [5.41, 5.74) is 0. The van der Waals surface area contributed by atoms with Crippen molar-refractivity contribution < 1.29 is 14.3 Å². The van der Waals surface area contributed by atoms with E-state index in [9.17, 15) is 9.59 Å². The van der Waals surface area contributed by atoms with Gasteiger partial charge in [-0.25, -0.2) is 0 Å². The highest BCUT2D eigenvalue weighted by Gasteiger charge is 2.40. The van der Waals surface area contributed by atoms with Crippen LogP contribution in [0.25, 0.3) is 0 Å². The molecule has 2 fully saturated rings. The summed E-state index contributed by atoms with van der Waals surface area (Å²) >= 11 is 0. The Balaban J connectivity index is 1.85. The van der Waals surface area contributed by atoms with Crippen molar-refractivity contribution in [1.29, 1.82) is 0 Å². The van der Waals surface area contributed by atoms with Crippen LogP contribution in [0.4, 0.5) is 0 Å². The fourth-order valence-electron chi connectivity index (χ4n) is 2.99. The Bertz CT molecular complexity index is 382. The monoisotopic (exact) mass is 297 g/mol. The second-order valence-corrected chi connectivity index (χ2v) is 6.10. The van der Waals surface area contributed by atoms with E-state index in [1.165, 1.54) is 4.90 Å². The molecular weight excluding hydrogens is 270 g/mol. The summed E-state index contributed by atoms with van der Waals surface area (Å²) in [7, 11) is 0. The molecule has 0 aliphatic carbocycles. The van der Waals surface area contributed by atoms with Crippen LogP contribution in [-0.4, -0.2) is 72.6 Å². The Morgan fingerprint density at radius 2 is 1.95 bits per heavy atom. The number of amides is 2. The van der Waals surface area contributed by atoms with Gasteiger partial charge in [0.2, 0.25) is 11.8 Å². The Morgan fingerprint density at radius 1 is 1.29 bits per heavy atom. The number of nitrogens with zero attached hydrogens (tertiary/aromatic N) is 2. The Morgan fingerprint density at radius 3 is 2.57 bits per heavy atom. The summed E-state index contributed by atoms with van der Waals surface area (Å²) in [5.74, 6) is -0.117. The zero-order valence-electron chi connectivity index (χ0n) is 13.3. The van der Waals surface area contributed by atoms with Crippen LogP contribution in [0, 0.1) is 0 Å². The minimum Gasteiger partial charge on any atom is -0.379 e. The van der Waals surface area contributed by atoms with Crippen molar-refractivity contribution in [2.45, 2.75) is 51.7 Å². The molecule has 0 aromatic carbocycles. The molecule has 2 aliphatic rings. The first-order chi connectivity index (χ1) is 10.0. The average molecular weight is 297 g/mol. The van der Waals surface area contributed by atoms with Crippen molar-refractivity contribution in [2.24, 2.45) is 0 Å². The van der Waals surface area contributed by atoms with Crippen LogP contribution in [0.1, 0.15) is 33.6 Å². The van der Waals surface area contributed by atoms with Gasteiger partial charge in [-0.1, -0.05) is 6.92 Å². The van der Waals surface area contributed by atoms with E-state index >= 15 is 0 Å². The van der Waals surface area contributed by atoms with Crippen LogP contribution in [0.15, 0.2) is 0 Å². The molecule has 21 heavy (non-hydrogen) atoms. The van der Waals surface area contributed by atoms with Crippen LogP contribution in [0.2, 0.25) is 0 Å². The first-order valence-electron chi connectivity index (χ1n) is 7.95. The number of rotatable bonds is 6. The first-order valence-corrected chi connectivity index (χ1v) is 7.95. The third kappa shape index (κ3) is 4.02. The van der Waals surface area contributed by atoms with Crippen LogP contribution >= 0.6 is 0 Å². The standard InChI is InChI=1S/C15H27N3O3/c1-4-12(3)18-14(19)9-13(15(18)20)16-11(2)10-17-5-7-21-8-6-17/h11-13,16H,4-10H2,1-3H3. The lowest BCUT2D eigenvalue weighted by Gasteiger charge is -2.30. The zero-order valence-corrected chi connectivity index (χ0v) is 13.3. The molecule has 0 aromatic rings. The number of hydrogen-bond acceptors (Lipinski definition) is 5. The lowest BCUT2D eigenvalue weighted by atomic mass is 10.2. The molecule has 6 heteroatoms. The number of imide groups is 1. The van der Waals surface area contributed by atoms with Crippen molar-refractivity contribution >= 4 is 11.8 Å². The summed E-state index contributed by atoms with van der Waals surface area (Å²) < 4.78 is 5.33. The second-order valence-electron chi connectivity index (χ2n) is 6.10. The molecule has 0 spiro atoms. The summed E-state index contributed by atoms with van der Waals surface area (Å²) in [6, 6.07) is -0.185. The second kappa shape index (κ2) is 7.33. The predicted octanol–water partition coefficient (Wildman–Crippen LogP) is 0.223. The van der Waals surface area contributed by atoms with Crippen LogP contribution in [0.5, 0.6) is 0 Å². The summed E-state index contributed by atoms with van der Waals surface area (Å²) in [6.07, 6.45) is 1.09. The van der Waals surface area contributed by atoms with Gasteiger partial charge in [-0.15, -0.1) is 0 Å². The summed E-state index contributed by atoms with van der Waals surface area (Å²) in [4.78, 5) is 28.1. The van der Waals surface area contributed by atoms with Gasteiger partial charge in [-0.3, -0.25) is 19.4 Å². The largest absolute Gasteiger partial charge is 0.379 e. The van der Waals surface area contributed by atoms with Crippen molar-refractivity contribution in [3.8, 4) is 0 Å². The van der Waals surface area contributed by atoms with Crippen LogP contribution < -0.4 is 5.32 Å². The first kappa shape index (κ1) is 16.4. The average Bonchev–Trinajstić information content (AvgIpc) is 2.73. The molecule has 2 aliphatic heterocycles. The van der Waals surface area contributed by atoms with Crippen molar-refractivity contribution in [3.05, 3.63) is 0 Å². The van der Waals surface area contributed by atoms with Gasteiger partial charge in [0.05, 0.1) is 25.7 Å². The third-order valence-corrected chi connectivity index (χ3v) is 4.34. The number of carbonyl (C=O) groups excluding carboxylic acids is 2. The molecule has 0 bridgehead atoms. The fourth-order valence-corrected chi connectivity index (χ4v) is 2.99. The molecule has 3 unspecified atom stereocenters. The topological polar surface area (TPSA) is 61.9 Å². The number of ether oxygens (including phenoxy) is 1.